The monoisotopic (exact) mass is 266 g/mol. The van der Waals surface area contributed by atoms with E-state index in [1.54, 1.807) is 12.3 Å². The van der Waals surface area contributed by atoms with Gasteiger partial charge in [0.2, 0.25) is 0 Å². The first-order valence-electron chi connectivity index (χ1n) is 6.12. The van der Waals surface area contributed by atoms with Crippen molar-refractivity contribution in [1.29, 1.82) is 0 Å². The minimum absolute atomic E-state index is 0.262. The topological polar surface area (TPSA) is 64.3 Å². The van der Waals surface area contributed by atoms with Crippen LogP contribution in [0, 0.1) is 0 Å². The van der Waals surface area contributed by atoms with Gasteiger partial charge in [-0.1, -0.05) is 12.2 Å². The van der Waals surface area contributed by atoms with Crippen LogP contribution < -0.4 is 10.5 Å². The van der Waals surface area contributed by atoms with Crippen molar-refractivity contribution in [2.24, 2.45) is 5.73 Å². The summed E-state index contributed by atoms with van der Waals surface area (Å²) in [6, 6.07) is 2.64. The first-order chi connectivity index (χ1) is 8.66. The fourth-order valence-electron chi connectivity index (χ4n) is 2.18. The van der Waals surface area contributed by atoms with Gasteiger partial charge in [0.1, 0.15) is 10.7 Å². The molecule has 0 bridgehead atoms. The number of nitrogens with two attached hydrogens (primary N) is 1. The Labute approximate surface area is 112 Å². The summed E-state index contributed by atoms with van der Waals surface area (Å²) in [5.41, 5.74) is 6.06. The molecule has 1 aliphatic heterocycles. The summed E-state index contributed by atoms with van der Waals surface area (Å²) in [6.07, 6.45) is 5.12. The van der Waals surface area contributed by atoms with E-state index in [1.165, 1.54) is 19.4 Å². The second-order valence-corrected chi connectivity index (χ2v) is 4.94. The van der Waals surface area contributed by atoms with Crippen molar-refractivity contribution in [3.05, 3.63) is 18.0 Å². The smallest absolute Gasteiger partial charge is 0.316 e. The number of rotatable bonds is 5. The van der Waals surface area contributed by atoms with Gasteiger partial charge in [0.25, 0.3) is 0 Å². The molecule has 5 nitrogen and oxygen atoms in total. The molecule has 98 valence electrons. The molecular formula is C12H18N4OS. The van der Waals surface area contributed by atoms with Crippen LogP contribution in [0.25, 0.3) is 0 Å². The minimum atomic E-state index is 0.262. The molecule has 0 amide bonds. The third-order valence-corrected chi connectivity index (χ3v) is 3.45. The molecule has 0 radical (unpaired) electrons. The lowest BCUT2D eigenvalue weighted by molar-refractivity contribution is 0.223. The van der Waals surface area contributed by atoms with Gasteiger partial charge in [0.15, 0.2) is 0 Å². The molecule has 1 saturated heterocycles. The van der Waals surface area contributed by atoms with Crippen molar-refractivity contribution in [2.75, 3.05) is 20.2 Å². The third kappa shape index (κ3) is 3.36. The van der Waals surface area contributed by atoms with Gasteiger partial charge in [-0.2, -0.15) is 4.98 Å². The molecule has 2 heterocycles. The largest absolute Gasteiger partial charge is 0.463 e. The Hall–Kier alpha value is -1.27. The van der Waals surface area contributed by atoms with Crippen molar-refractivity contribution >= 4 is 17.2 Å². The zero-order valence-corrected chi connectivity index (χ0v) is 11.3. The molecule has 6 heteroatoms. The average molecular weight is 266 g/mol. The highest BCUT2D eigenvalue weighted by Gasteiger charge is 2.20. The van der Waals surface area contributed by atoms with Crippen molar-refractivity contribution in [2.45, 2.75) is 25.3 Å². The molecular weight excluding hydrogens is 248 g/mol. The lowest BCUT2D eigenvalue weighted by Crippen LogP contribution is -2.26. The second-order valence-electron chi connectivity index (χ2n) is 4.50. The Bertz CT molecular complexity index is 426. The molecule has 1 unspecified atom stereocenters. The first kappa shape index (κ1) is 13.2. The van der Waals surface area contributed by atoms with E-state index in [0.717, 1.165) is 6.42 Å². The van der Waals surface area contributed by atoms with Crippen molar-refractivity contribution in [1.82, 2.24) is 14.9 Å². The average Bonchev–Trinajstić information content (AvgIpc) is 2.76. The number of nitrogens with zero attached hydrogens (tertiary/aromatic N) is 3. The van der Waals surface area contributed by atoms with E-state index in [4.69, 9.17) is 22.7 Å². The van der Waals surface area contributed by atoms with Gasteiger partial charge in [-0.3, -0.25) is 0 Å². The van der Waals surface area contributed by atoms with Crippen LogP contribution in [0.15, 0.2) is 12.3 Å². The summed E-state index contributed by atoms with van der Waals surface area (Å²) in [4.78, 5) is 10.8. The lowest BCUT2D eigenvalue weighted by Gasteiger charge is -2.18. The molecule has 1 atom stereocenters. The predicted octanol–water partition coefficient (Wildman–Crippen LogP) is 0.974. The highest BCUT2D eigenvalue weighted by Crippen LogP contribution is 2.17. The second kappa shape index (κ2) is 6.06. The van der Waals surface area contributed by atoms with E-state index >= 15 is 0 Å². The van der Waals surface area contributed by atoms with E-state index in [0.29, 0.717) is 24.4 Å². The fourth-order valence-corrected chi connectivity index (χ4v) is 2.29. The van der Waals surface area contributed by atoms with E-state index in [-0.39, 0.29) is 4.99 Å². The van der Waals surface area contributed by atoms with Crippen LogP contribution in [-0.4, -0.2) is 46.1 Å². The van der Waals surface area contributed by atoms with Crippen LogP contribution in [0.3, 0.4) is 0 Å². The van der Waals surface area contributed by atoms with Gasteiger partial charge in [0.05, 0.1) is 6.61 Å². The van der Waals surface area contributed by atoms with Crippen molar-refractivity contribution < 1.29 is 4.74 Å². The lowest BCUT2D eigenvalue weighted by atomic mass is 10.2. The van der Waals surface area contributed by atoms with E-state index in [2.05, 4.69) is 21.9 Å². The van der Waals surface area contributed by atoms with Crippen molar-refractivity contribution in [3.63, 3.8) is 0 Å². The molecule has 1 aliphatic rings. The van der Waals surface area contributed by atoms with E-state index in [9.17, 15) is 0 Å². The molecule has 18 heavy (non-hydrogen) atoms. The number of likely N-dealkylation sites (tertiary alicyclic amines) is 1. The van der Waals surface area contributed by atoms with Crippen LogP contribution in [0.2, 0.25) is 0 Å². The summed E-state index contributed by atoms with van der Waals surface area (Å²) >= 11 is 4.86. The van der Waals surface area contributed by atoms with Gasteiger partial charge in [-0.15, -0.1) is 0 Å². The SMILES string of the molecule is CN1CCCC1CCOc1nccc(C(N)=S)n1. The highest BCUT2D eigenvalue weighted by molar-refractivity contribution is 7.80. The standard InChI is InChI=1S/C12H18N4OS/c1-16-7-2-3-9(16)5-8-17-12-14-6-4-10(15-12)11(13)18/h4,6,9H,2-3,5,7-8H2,1H3,(H2,13,18). The molecule has 1 aromatic heterocycles. The number of hydrogen-bond donors (Lipinski definition) is 1. The van der Waals surface area contributed by atoms with Gasteiger partial charge in [-0.05, 0) is 38.9 Å². The number of aromatic nitrogens is 2. The van der Waals surface area contributed by atoms with Crippen LogP contribution in [0.1, 0.15) is 25.0 Å². The zero-order chi connectivity index (χ0) is 13.0. The van der Waals surface area contributed by atoms with Gasteiger partial charge < -0.3 is 15.4 Å². The Morgan fingerprint density at radius 3 is 3.17 bits per heavy atom. The molecule has 0 aromatic carbocycles. The minimum Gasteiger partial charge on any atom is -0.463 e. The van der Waals surface area contributed by atoms with Crippen molar-refractivity contribution in [3.8, 4) is 6.01 Å². The van der Waals surface area contributed by atoms with Crippen LogP contribution in [0.5, 0.6) is 6.01 Å². The maximum Gasteiger partial charge on any atom is 0.316 e. The molecule has 2 N–H and O–H groups in total. The fraction of sp³-hybridized carbons (Fsp3) is 0.583. The molecule has 0 spiro atoms. The summed E-state index contributed by atoms with van der Waals surface area (Å²) in [6.45, 7) is 1.80. The summed E-state index contributed by atoms with van der Waals surface area (Å²) in [5.74, 6) is 0. The summed E-state index contributed by atoms with van der Waals surface area (Å²) in [7, 11) is 2.15. The predicted molar refractivity (Wildman–Crippen MR) is 73.7 cm³/mol. The Balaban J connectivity index is 1.83. The molecule has 1 aromatic rings. The normalized spacial score (nSPS) is 19.9. The summed E-state index contributed by atoms with van der Waals surface area (Å²) in [5, 5.41) is 0. The zero-order valence-electron chi connectivity index (χ0n) is 10.5. The van der Waals surface area contributed by atoms with Crippen LogP contribution in [0.4, 0.5) is 0 Å². The van der Waals surface area contributed by atoms with Crippen LogP contribution in [-0.2, 0) is 0 Å². The van der Waals surface area contributed by atoms with E-state index in [1.807, 2.05) is 0 Å². The number of ether oxygens (including phenoxy) is 1. The third-order valence-electron chi connectivity index (χ3n) is 3.24. The Morgan fingerprint density at radius 2 is 2.50 bits per heavy atom. The highest BCUT2D eigenvalue weighted by atomic mass is 32.1. The maximum atomic E-state index is 5.54. The molecule has 0 saturated carbocycles. The summed E-state index contributed by atoms with van der Waals surface area (Å²) < 4.78 is 5.54. The molecule has 0 aliphatic carbocycles. The van der Waals surface area contributed by atoms with Crippen LogP contribution >= 0.6 is 12.2 Å². The number of thiocarbonyl (C=S) groups is 1. The van der Waals surface area contributed by atoms with Gasteiger partial charge in [-0.25, -0.2) is 4.98 Å². The number of hydrogen-bond acceptors (Lipinski definition) is 5. The maximum absolute atomic E-state index is 5.54. The van der Waals surface area contributed by atoms with Gasteiger partial charge >= 0.3 is 6.01 Å². The Morgan fingerprint density at radius 1 is 1.67 bits per heavy atom. The quantitative estimate of drug-likeness (QED) is 0.801. The first-order valence-corrected chi connectivity index (χ1v) is 6.53. The Kier molecular flexibility index (Phi) is 4.43. The van der Waals surface area contributed by atoms with Gasteiger partial charge in [0, 0.05) is 12.2 Å². The molecule has 1 fully saturated rings. The molecule has 2 rings (SSSR count). The van der Waals surface area contributed by atoms with E-state index < -0.39 is 0 Å².